The third kappa shape index (κ3) is 4.76. The summed E-state index contributed by atoms with van der Waals surface area (Å²) in [6.07, 6.45) is 4.90. The fourth-order valence-corrected chi connectivity index (χ4v) is 3.18. The van der Waals surface area contributed by atoms with E-state index in [1.54, 1.807) is 42.4 Å². The second kappa shape index (κ2) is 8.85. The highest BCUT2D eigenvalue weighted by Gasteiger charge is 2.23. The summed E-state index contributed by atoms with van der Waals surface area (Å²) in [5.74, 6) is -0.162. The minimum atomic E-state index is -0.292. The van der Waals surface area contributed by atoms with Gasteiger partial charge in [0.2, 0.25) is 5.91 Å². The smallest absolute Gasteiger partial charge is 0.247 e. The number of carbonyl (C=O) groups is 1. The van der Waals surface area contributed by atoms with E-state index in [9.17, 15) is 4.79 Å². The predicted octanol–water partition coefficient (Wildman–Crippen LogP) is 5.65. The molecule has 0 aliphatic rings. The van der Waals surface area contributed by atoms with Gasteiger partial charge in [-0.25, -0.2) is 0 Å². The van der Waals surface area contributed by atoms with Crippen LogP contribution in [0.5, 0.6) is 0 Å². The highest BCUT2D eigenvalue weighted by atomic mass is 35.5. The van der Waals surface area contributed by atoms with Gasteiger partial charge in [0, 0.05) is 29.4 Å². The zero-order chi connectivity index (χ0) is 19.2. The average molecular weight is 397 g/mol. The second-order valence-electron chi connectivity index (χ2n) is 6.02. The van der Waals surface area contributed by atoms with E-state index >= 15 is 0 Å². The first-order valence-electron chi connectivity index (χ1n) is 8.42. The molecular weight excluding hydrogens is 379 g/mol. The fraction of sp³-hybridized carbons (Fsp3) is 0.0909. The second-order valence-corrected chi connectivity index (χ2v) is 6.86. The molecule has 1 amide bonds. The molecule has 2 aromatic carbocycles. The average Bonchev–Trinajstić information content (AvgIpc) is 2.70. The minimum Gasteiger partial charge on any atom is -0.329 e. The van der Waals surface area contributed by atoms with E-state index in [2.05, 4.69) is 4.98 Å². The van der Waals surface area contributed by atoms with Gasteiger partial charge < -0.3 is 4.90 Å². The molecule has 0 fully saturated rings. The molecule has 0 saturated heterocycles. The maximum Gasteiger partial charge on any atom is 0.247 e. The number of aromatic nitrogens is 1. The third-order valence-corrected chi connectivity index (χ3v) is 4.76. The first-order chi connectivity index (χ1) is 13.1. The van der Waals surface area contributed by atoms with Gasteiger partial charge in [-0.15, -0.1) is 0 Å². The van der Waals surface area contributed by atoms with E-state index in [0.717, 1.165) is 11.3 Å². The summed E-state index contributed by atoms with van der Waals surface area (Å²) >= 11 is 12.2. The maximum absolute atomic E-state index is 12.8. The van der Waals surface area contributed by atoms with Crippen molar-refractivity contribution in [3.05, 3.63) is 106 Å². The Morgan fingerprint density at radius 2 is 1.78 bits per heavy atom. The van der Waals surface area contributed by atoms with Crippen LogP contribution in [0.15, 0.2) is 79.0 Å². The Morgan fingerprint density at radius 1 is 1.04 bits per heavy atom. The van der Waals surface area contributed by atoms with Crippen molar-refractivity contribution in [1.29, 1.82) is 0 Å². The van der Waals surface area contributed by atoms with Gasteiger partial charge in [-0.2, -0.15) is 0 Å². The Kier molecular flexibility index (Phi) is 6.28. The first kappa shape index (κ1) is 19.2. The van der Waals surface area contributed by atoms with Crippen LogP contribution in [0.4, 0.5) is 0 Å². The van der Waals surface area contributed by atoms with E-state index in [1.807, 2.05) is 48.5 Å². The Morgan fingerprint density at radius 3 is 2.48 bits per heavy atom. The number of rotatable bonds is 5. The fourth-order valence-electron chi connectivity index (χ4n) is 2.81. The van der Waals surface area contributed by atoms with Gasteiger partial charge in [-0.3, -0.25) is 9.78 Å². The molecule has 3 nitrogen and oxygen atoms in total. The van der Waals surface area contributed by atoms with Gasteiger partial charge in [-0.05, 0) is 47.5 Å². The van der Waals surface area contributed by atoms with Crippen LogP contribution in [0, 0.1) is 0 Å². The molecule has 0 spiro atoms. The van der Waals surface area contributed by atoms with Crippen molar-refractivity contribution in [2.75, 3.05) is 7.05 Å². The van der Waals surface area contributed by atoms with Gasteiger partial charge in [0.1, 0.15) is 0 Å². The molecule has 0 N–H and O–H groups in total. The van der Waals surface area contributed by atoms with Crippen LogP contribution in [0.3, 0.4) is 0 Å². The van der Waals surface area contributed by atoms with Crippen LogP contribution >= 0.6 is 23.2 Å². The van der Waals surface area contributed by atoms with Crippen LogP contribution < -0.4 is 0 Å². The lowest BCUT2D eigenvalue weighted by Crippen LogP contribution is -2.31. The molecule has 1 heterocycles. The zero-order valence-corrected chi connectivity index (χ0v) is 16.2. The maximum atomic E-state index is 12.8. The summed E-state index contributed by atoms with van der Waals surface area (Å²) in [5, 5.41) is 1.10. The van der Waals surface area contributed by atoms with Crippen LogP contribution in [0.2, 0.25) is 10.0 Å². The molecular formula is C22H18Cl2N2O. The van der Waals surface area contributed by atoms with Crippen molar-refractivity contribution < 1.29 is 4.79 Å². The van der Waals surface area contributed by atoms with Gasteiger partial charge in [0.05, 0.1) is 11.7 Å². The summed E-state index contributed by atoms with van der Waals surface area (Å²) in [4.78, 5) is 18.9. The molecule has 1 atom stereocenters. The molecule has 1 unspecified atom stereocenters. The molecule has 136 valence electrons. The lowest BCUT2D eigenvalue weighted by atomic mass is 10.0. The molecule has 0 aliphatic carbocycles. The normalized spacial score (nSPS) is 12.1. The first-order valence-corrected chi connectivity index (χ1v) is 9.17. The Labute approximate surface area is 168 Å². The summed E-state index contributed by atoms with van der Waals surface area (Å²) < 4.78 is 0. The number of pyridine rings is 1. The lowest BCUT2D eigenvalue weighted by molar-refractivity contribution is -0.126. The van der Waals surface area contributed by atoms with Crippen LogP contribution in [-0.2, 0) is 4.79 Å². The molecule has 1 aromatic heterocycles. The van der Waals surface area contributed by atoms with Gasteiger partial charge >= 0.3 is 0 Å². The van der Waals surface area contributed by atoms with Gasteiger partial charge in [0.25, 0.3) is 0 Å². The van der Waals surface area contributed by atoms with Crippen molar-refractivity contribution in [2.24, 2.45) is 0 Å². The monoisotopic (exact) mass is 396 g/mol. The number of amides is 1. The third-order valence-electron chi connectivity index (χ3n) is 4.18. The van der Waals surface area contributed by atoms with E-state index in [4.69, 9.17) is 23.2 Å². The SMILES string of the molecule is CN(C(=O)/C=C/c1cc(Cl)ccc1Cl)C(c1ccccc1)c1ccccn1. The highest BCUT2D eigenvalue weighted by molar-refractivity contribution is 6.34. The number of likely N-dealkylation sites (N-methyl/N-ethyl adjacent to an activating group) is 1. The van der Waals surface area contributed by atoms with Crippen molar-refractivity contribution >= 4 is 35.2 Å². The highest BCUT2D eigenvalue weighted by Crippen LogP contribution is 2.27. The van der Waals surface area contributed by atoms with E-state index in [-0.39, 0.29) is 11.9 Å². The molecule has 27 heavy (non-hydrogen) atoms. The van der Waals surface area contributed by atoms with Gasteiger partial charge in [-0.1, -0.05) is 59.6 Å². The molecule has 0 aliphatic heterocycles. The van der Waals surface area contributed by atoms with E-state index in [1.165, 1.54) is 6.08 Å². The topological polar surface area (TPSA) is 33.2 Å². The largest absolute Gasteiger partial charge is 0.329 e. The van der Waals surface area contributed by atoms with Crippen molar-refractivity contribution in [2.45, 2.75) is 6.04 Å². The van der Waals surface area contributed by atoms with Gasteiger partial charge in [0.15, 0.2) is 0 Å². The number of benzene rings is 2. The number of carbonyl (C=O) groups excluding carboxylic acids is 1. The van der Waals surface area contributed by atoms with Crippen LogP contribution in [0.1, 0.15) is 22.9 Å². The Balaban J connectivity index is 1.90. The minimum absolute atomic E-state index is 0.162. The zero-order valence-electron chi connectivity index (χ0n) is 14.7. The number of hydrogen-bond acceptors (Lipinski definition) is 2. The molecule has 5 heteroatoms. The molecule has 0 radical (unpaired) electrons. The van der Waals surface area contributed by atoms with Crippen LogP contribution in [0.25, 0.3) is 6.08 Å². The summed E-state index contributed by atoms with van der Waals surface area (Å²) in [6, 6.07) is 20.4. The molecule has 0 bridgehead atoms. The standard InChI is InChI=1S/C22H18Cl2N2O/c1-26(21(27)13-10-17-15-18(23)11-12-19(17)24)22(16-7-3-2-4-8-16)20-9-5-6-14-25-20/h2-15,22H,1H3/b13-10+. The molecule has 3 aromatic rings. The Bertz CT molecular complexity index is 904. The Hall–Kier alpha value is -2.62. The molecule has 3 rings (SSSR count). The van der Waals surface area contributed by atoms with Crippen molar-refractivity contribution in [3.63, 3.8) is 0 Å². The van der Waals surface area contributed by atoms with Crippen LogP contribution in [-0.4, -0.2) is 22.8 Å². The summed E-state index contributed by atoms with van der Waals surface area (Å²) in [5.41, 5.74) is 2.48. The van der Waals surface area contributed by atoms with Crippen molar-refractivity contribution in [1.82, 2.24) is 9.88 Å². The number of halogens is 2. The van der Waals surface area contributed by atoms with E-state index < -0.39 is 0 Å². The quantitative estimate of drug-likeness (QED) is 0.522. The summed E-state index contributed by atoms with van der Waals surface area (Å²) in [6.45, 7) is 0. The van der Waals surface area contributed by atoms with E-state index in [0.29, 0.717) is 15.6 Å². The molecule has 0 saturated carbocycles. The number of hydrogen-bond donors (Lipinski definition) is 0. The predicted molar refractivity (Wildman–Crippen MR) is 111 cm³/mol. The number of nitrogens with zero attached hydrogens (tertiary/aromatic N) is 2. The van der Waals surface area contributed by atoms with Crippen molar-refractivity contribution in [3.8, 4) is 0 Å². The lowest BCUT2D eigenvalue weighted by Gasteiger charge is -2.27. The summed E-state index contributed by atoms with van der Waals surface area (Å²) in [7, 11) is 1.76.